The number of rotatable bonds is 3. The van der Waals surface area contributed by atoms with Gasteiger partial charge < -0.3 is 0 Å². The lowest BCUT2D eigenvalue weighted by molar-refractivity contribution is -0.122. The number of amides is 1. The molecule has 1 saturated carbocycles. The van der Waals surface area contributed by atoms with Crippen LogP contribution in [0.3, 0.4) is 0 Å². The summed E-state index contributed by atoms with van der Waals surface area (Å²) in [6.45, 7) is 6.56. The number of nitrogens with zero attached hydrogens (tertiary/aromatic N) is 1. The molecule has 1 aliphatic rings. The van der Waals surface area contributed by atoms with E-state index in [0.717, 1.165) is 18.4 Å². The first-order valence-electron chi connectivity index (χ1n) is 6.40. The molecule has 0 heterocycles. The average Bonchev–Trinajstić information content (AvgIpc) is 3.12. The van der Waals surface area contributed by atoms with E-state index in [1.165, 1.54) is 5.56 Å². The molecule has 0 aromatic heterocycles. The SMILES string of the molecule is CC(C)(C)c1ccc(/C=N\NC(=O)C2CC2)cc1. The minimum absolute atomic E-state index is 0.0394. The van der Waals surface area contributed by atoms with Crippen LogP contribution < -0.4 is 5.43 Å². The van der Waals surface area contributed by atoms with Crippen molar-refractivity contribution in [3.8, 4) is 0 Å². The highest BCUT2D eigenvalue weighted by Gasteiger charge is 2.29. The molecule has 1 amide bonds. The van der Waals surface area contributed by atoms with E-state index in [4.69, 9.17) is 0 Å². The van der Waals surface area contributed by atoms with Crippen molar-refractivity contribution in [3.63, 3.8) is 0 Å². The predicted octanol–water partition coefficient (Wildman–Crippen LogP) is 2.84. The van der Waals surface area contributed by atoms with Crippen molar-refractivity contribution < 1.29 is 4.79 Å². The maximum Gasteiger partial charge on any atom is 0.243 e. The van der Waals surface area contributed by atoms with Gasteiger partial charge in [0.15, 0.2) is 0 Å². The zero-order valence-corrected chi connectivity index (χ0v) is 11.2. The number of hydrogen-bond acceptors (Lipinski definition) is 2. The second-order valence-electron chi connectivity index (χ2n) is 5.88. The van der Waals surface area contributed by atoms with Gasteiger partial charge in [-0.05, 0) is 29.4 Å². The van der Waals surface area contributed by atoms with Crippen LogP contribution in [0, 0.1) is 5.92 Å². The third kappa shape index (κ3) is 3.42. The predicted molar refractivity (Wildman–Crippen MR) is 73.6 cm³/mol. The number of nitrogens with one attached hydrogen (secondary N) is 1. The van der Waals surface area contributed by atoms with Crippen LogP contribution >= 0.6 is 0 Å². The van der Waals surface area contributed by atoms with E-state index in [0.29, 0.717) is 0 Å². The van der Waals surface area contributed by atoms with Crippen LogP contribution in [0.5, 0.6) is 0 Å². The number of carbonyl (C=O) groups is 1. The van der Waals surface area contributed by atoms with Crippen LogP contribution in [-0.2, 0) is 10.2 Å². The minimum Gasteiger partial charge on any atom is -0.273 e. The molecule has 1 aromatic carbocycles. The lowest BCUT2D eigenvalue weighted by Gasteiger charge is -2.18. The molecule has 0 unspecified atom stereocenters. The van der Waals surface area contributed by atoms with Crippen molar-refractivity contribution in [2.75, 3.05) is 0 Å². The molecule has 3 heteroatoms. The van der Waals surface area contributed by atoms with E-state index in [1.807, 2.05) is 12.1 Å². The van der Waals surface area contributed by atoms with Crippen LogP contribution in [0.15, 0.2) is 29.4 Å². The smallest absolute Gasteiger partial charge is 0.243 e. The highest BCUT2D eigenvalue weighted by Crippen LogP contribution is 2.28. The highest BCUT2D eigenvalue weighted by molar-refractivity contribution is 5.84. The van der Waals surface area contributed by atoms with Crippen molar-refractivity contribution in [3.05, 3.63) is 35.4 Å². The van der Waals surface area contributed by atoms with Crippen LogP contribution in [0.25, 0.3) is 0 Å². The Morgan fingerprint density at radius 1 is 1.28 bits per heavy atom. The highest BCUT2D eigenvalue weighted by atomic mass is 16.2. The lowest BCUT2D eigenvalue weighted by Crippen LogP contribution is -2.18. The summed E-state index contributed by atoms with van der Waals surface area (Å²) in [5.74, 6) is 0.239. The summed E-state index contributed by atoms with van der Waals surface area (Å²) < 4.78 is 0. The standard InChI is InChI=1S/C15H20N2O/c1-15(2,3)13-8-4-11(5-9-13)10-16-17-14(18)12-6-7-12/h4-5,8-10,12H,6-7H2,1-3H3,(H,17,18)/b16-10-. The van der Waals surface area contributed by atoms with Gasteiger partial charge >= 0.3 is 0 Å². The summed E-state index contributed by atoms with van der Waals surface area (Å²) in [6, 6.07) is 8.24. The minimum atomic E-state index is 0.0394. The van der Waals surface area contributed by atoms with Gasteiger partial charge in [-0.1, -0.05) is 45.0 Å². The Kier molecular flexibility index (Phi) is 3.50. The van der Waals surface area contributed by atoms with Crippen molar-refractivity contribution >= 4 is 12.1 Å². The molecule has 1 aliphatic carbocycles. The Balaban J connectivity index is 1.93. The molecule has 0 bridgehead atoms. The Hall–Kier alpha value is -1.64. The molecule has 0 radical (unpaired) electrons. The molecule has 0 spiro atoms. The van der Waals surface area contributed by atoms with Crippen LogP contribution in [0.1, 0.15) is 44.7 Å². The monoisotopic (exact) mass is 244 g/mol. The van der Waals surface area contributed by atoms with Gasteiger partial charge in [0.2, 0.25) is 5.91 Å². The molecule has 2 rings (SSSR count). The molecule has 0 aliphatic heterocycles. The van der Waals surface area contributed by atoms with Gasteiger partial charge in [0, 0.05) is 5.92 Å². The third-order valence-corrected chi connectivity index (χ3v) is 3.11. The normalized spacial score (nSPS) is 15.9. The topological polar surface area (TPSA) is 41.5 Å². The van der Waals surface area contributed by atoms with Gasteiger partial charge in [-0.2, -0.15) is 5.10 Å². The molecule has 1 N–H and O–H groups in total. The Morgan fingerprint density at radius 3 is 2.39 bits per heavy atom. The molecule has 1 aromatic rings. The van der Waals surface area contributed by atoms with Gasteiger partial charge in [0.1, 0.15) is 0 Å². The van der Waals surface area contributed by atoms with E-state index in [2.05, 4.69) is 43.4 Å². The summed E-state index contributed by atoms with van der Waals surface area (Å²) in [6.07, 6.45) is 3.69. The fraction of sp³-hybridized carbons (Fsp3) is 0.467. The van der Waals surface area contributed by atoms with Gasteiger partial charge in [-0.3, -0.25) is 4.79 Å². The second kappa shape index (κ2) is 4.92. The third-order valence-electron chi connectivity index (χ3n) is 3.11. The van der Waals surface area contributed by atoms with Gasteiger partial charge in [-0.15, -0.1) is 0 Å². The molecule has 0 saturated heterocycles. The molecule has 0 atom stereocenters. The van der Waals surface area contributed by atoms with Crippen molar-refractivity contribution in [1.29, 1.82) is 0 Å². The van der Waals surface area contributed by atoms with E-state index in [9.17, 15) is 4.79 Å². The van der Waals surface area contributed by atoms with E-state index in [1.54, 1.807) is 6.21 Å². The van der Waals surface area contributed by atoms with E-state index in [-0.39, 0.29) is 17.2 Å². The molecule has 18 heavy (non-hydrogen) atoms. The Labute approximate surface area is 108 Å². The first-order chi connectivity index (χ1) is 8.47. The van der Waals surface area contributed by atoms with Gasteiger partial charge in [0.05, 0.1) is 6.21 Å². The number of hydrazone groups is 1. The number of carbonyl (C=O) groups excluding carboxylic acids is 1. The first kappa shape index (κ1) is 12.8. The van der Waals surface area contributed by atoms with Gasteiger partial charge in [-0.25, -0.2) is 5.43 Å². The first-order valence-corrected chi connectivity index (χ1v) is 6.40. The Morgan fingerprint density at radius 2 is 1.89 bits per heavy atom. The summed E-state index contributed by atoms with van der Waals surface area (Å²) in [4.78, 5) is 11.4. The van der Waals surface area contributed by atoms with E-state index >= 15 is 0 Å². The molecule has 3 nitrogen and oxygen atoms in total. The largest absolute Gasteiger partial charge is 0.273 e. The fourth-order valence-corrected chi connectivity index (χ4v) is 1.68. The zero-order valence-electron chi connectivity index (χ0n) is 11.2. The quantitative estimate of drug-likeness (QED) is 0.644. The Bertz CT molecular complexity index is 450. The fourth-order valence-electron chi connectivity index (χ4n) is 1.68. The molecule has 1 fully saturated rings. The van der Waals surface area contributed by atoms with Crippen LogP contribution in [0.4, 0.5) is 0 Å². The average molecular weight is 244 g/mol. The summed E-state index contributed by atoms with van der Waals surface area (Å²) in [5.41, 5.74) is 5.02. The van der Waals surface area contributed by atoms with Gasteiger partial charge in [0.25, 0.3) is 0 Å². The van der Waals surface area contributed by atoms with Crippen molar-refractivity contribution in [1.82, 2.24) is 5.43 Å². The van der Waals surface area contributed by atoms with E-state index < -0.39 is 0 Å². The maximum atomic E-state index is 11.4. The second-order valence-corrected chi connectivity index (χ2v) is 5.88. The molecular formula is C15H20N2O. The molecule has 96 valence electrons. The molecular weight excluding hydrogens is 224 g/mol. The number of hydrogen-bond donors (Lipinski definition) is 1. The maximum absolute atomic E-state index is 11.4. The summed E-state index contributed by atoms with van der Waals surface area (Å²) in [7, 11) is 0. The lowest BCUT2D eigenvalue weighted by atomic mass is 9.87. The zero-order chi connectivity index (χ0) is 13.2. The van der Waals surface area contributed by atoms with Crippen molar-refractivity contribution in [2.24, 2.45) is 11.0 Å². The van der Waals surface area contributed by atoms with Crippen molar-refractivity contribution in [2.45, 2.75) is 39.0 Å². The van der Waals surface area contributed by atoms with Crippen LogP contribution in [-0.4, -0.2) is 12.1 Å². The number of benzene rings is 1. The summed E-state index contributed by atoms with van der Waals surface area (Å²) in [5, 5.41) is 3.97. The summed E-state index contributed by atoms with van der Waals surface area (Å²) >= 11 is 0. The van der Waals surface area contributed by atoms with Crippen LogP contribution in [0.2, 0.25) is 0 Å².